The van der Waals surface area contributed by atoms with Gasteiger partial charge in [-0.15, -0.1) is 0 Å². The molecule has 1 unspecified atom stereocenters. The van der Waals surface area contributed by atoms with E-state index in [0.717, 1.165) is 5.56 Å². The Morgan fingerprint density at radius 1 is 1.18 bits per heavy atom. The summed E-state index contributed by atoms with van der Waals surface area (Å²) in [6, 6.07) is 14.9. The van der Waals surface area contributed by atoms with Crippen LogP contribution in [0.25, 0.3) is 10.9 Å². The van der Waals surface area contributed by atoms with Crippen molar-refractivity contribution in [3.05, 3.63) is 69.5 Å². The van der Waals surface area contributed by atoms with Gasteiger partial charge in [0, 0.05) is 31.8 Å². The first-order valence-electron chi connectivity index (χ1n) is 11.0. The number of fused-ring (bicyclic) bond motifs is 1. The lowest BCUT2D eigenvalue weighted by molar-refractivity contribution is -0.129. The van der Waals surface area contributed by atoms with Crippen molar-refractivity contribution < 1.29 is 9.53 Å². The maximum atomic E-state index is 13.2. The van der Waals surface area contributed by atoms with Gasteiger partial charge in [-0.3, -0.25) is 14.2 Å². The van der Waals surface area contributed by atoms with E-state index >= 15 is 0 Å². The van der Waals surface area contributed by atoms with Crippen molar-refractivity contribution in [2.24, 2.45) is 0 Å². The number of ether oxygens (including phenoxy) is 1. The van der Waals surface area contributed by atoms with Gasteiger partial charge in [0.15, 0.2) is 5.16 Å². The SMILES string of the molecule is CC(C)OCCCn1c(SC(C)C(=O)N(C)Cc2ccccc2)nc2cc(Cl)ccc2c1=O. The predicted molar refractivity (Wildman–Crippen MR) is 135 cm³/mol. The van der Waals surface area contributed by atoms with Crippen molar-refractivity contribution in [1.82, 2.24) is 14.5 Å². The van der Waals surface area contributed by atoms with Gasteiger partial charge in [0.05, 0.1) is 22.3 Å². The zero-order chi connectivity index (χ0) is 24.0. The Morgan fingerprint density at radius 3 is 2.61 bits per heavy atom. The van der Waals surface area contributed by atoms with Crippen LogP contribution in [0.3, 0.4) is 0 Å². The van der Waals surface area contributed by atoms with Gasteiger partial charge in [-0.25, -0.2) is 4.98 Å². The zero-order valence-corrected chi connectivity index (χ0v) is 21.0. The first-order chi connectivity index (χ1) is 15.8. The maximum Gasteiger partial charge on any atom is 0.262 e. The Kier molecular flexibility index (Phi) is 8.95. The maximum absolute atomic E-state index is 13.2. The number of aromatic nitrogens is 2. The van der Waals surface area contributed by atoms with E-state index in [2.05, 4.69) is 0 Å². The van der Waals surface area contributed by atoms with Crippen molar-refractivity contribution in [3.8, 4) is 0 Å². The molecule has 0 saturated carbocycles. The number of hydrogen-bond donors (Lipinski definition) is 0. The van der Waals surface area contributed by atoms with Crippen LogP contribution < -0.4 is 5.56 Å². The van der Waals surface area contributed by atoms with Crippen LogP contribution in [0.4, 0.5) is 0 Å². The molecule has 2 aromatic carbocycles. The van der Waals surface area contributed by atoms with Crippen LogP contribution in [-0.2, 0) is 22.6 Å². The second kappa shape index (κ2) is 11.7. The largest absolute Gasteiger partial charge is 0.379 e. The van der Waals surface area contributed by atoms with Crippen molar-refractivity contribution in [1.29, 1.82) is 0 Å². The van der Waals surface area contributed by atoms with E-state index in [-0.39, 0.29) is 17.6 Å². The van der Waals surface area contributed by atoms with Gasteiger partial charge in [0.1, 0.15) is 0 Å². The zero-order valence-electron chi connectivity index (χ0n) is 19.5. The monoisotopic (exact) mass is 487 g/mol. The number of amides is 1. The molecule has 0 spiro atoms. The minimum atomic E-state index is -0.416. The Morgan fingerprint density at radius 2 is 1.91 bits per heavy atom. The standard InChI is InChI=1S/C25H30ClN3O3S/c1-17(2)32-14-8-13-29-24(31)21-12-11-20(26)15-22(21)27-25(29)33-18(3)23(30)28(4)16-19-9-6-5-7-10-19/h5-7,9-12,15,17-18H,8,13-14,16H2,1-4H3. The summed E-state index contributed by atoms with van der Waals surface area (Å²) in [4.78, 5) is 32.7. The van der Waals surface area contributed by atoms with Crippen LogP contribution in [0, 0.1) is 0 Å². The third-order valence-electron chi connectivity index (χ3n) is 5.13. The van der Waals surface area contributed by atoms with Crippen molar-refractivity contribution >= 4 is 40.2 Å². The van der Waals surface area contributed by atoms with Crippen molar-refractivity contribution in [2.75, 3.05) is 13.7 Å². The second-order valence-corrected chi connectivity index (χ2v) is 9.97. The molecule has 8 heteroatoms. The molecule has 3 rings (SSSR count). The third kappa shape index (κ3) is 6.82. The van der Waals surface area contributed by atoms with Crippen LogP contribution in [0.5, 0.6) is 0 Å². The van der Waals surface area contributed by atoms with Gasteiger partial charge >= 0.3 is 0 Å². The average Bonchev–Trinajstić information content (AvgIpc) is 2.78. The van der Waals surface area contributed by atoms with Gasteiger partial charge in [-0.2, -0.15) is 0 Å². The molecule has 1 atom stereocenters. The van der Waals surface area contributed by atoms with E-state index in [9.17, 15) is 9.59 Å². The smallest absolute Gasteiger partial charge is 0.262 e. The van der Waals surface area contributed by atoms with E-state index in [1.165, 1.54) is 11.8 Å². The lowest BCUT2D eigenvalue weighted by Crippen LogP contribution is -2.33. The quantitative estimate of drug-likeness (QED) is 0.228. The summed E-state index contributed by atoms with van der Waals surface area (Å²) in [6.07, 6.45) is 0.799. The van der Waals surface area contributed by atoms with Crippen molar-refractivity contribution in [2.45, 2.75) is 56.8 Å². The molecule has 1 aromatic heterocycles. The first kappa shape index (κ1) is 25.3. The fraction of sp³-hybridized carbons (Fsp3) is 0.400. The lowest BCUT2D eigenvalue weighted by atomic mass is 10.2. The highest BCUT2D eigenvalue weighted by molar-refractivity contribution is 8.00. The summed E-state index contributed by atoms with van der Waals surface area (Å²) >= 11 is 7.43. The third-order valence-corrected chi connectivity index (χ3v) is 6.44. The van der Waals surface area contributed by atoms with Crippen LogP contribution in [-0.4, -0.2) is 45.4 Å². The Balaban J connectivity index is 1.83. The normalized spacial score (nSPS) is 12.3. The number of hydrogen-bond acceptors (Lipinski definition) is 5. The topological polar surface area (TPSA) is 64.4 Å². The van der Waals surface area contributed by atoms with Gasteiger partial charge in [0.2, 0.25) is 5.91 Å². The van der Waals surface area contributed by atoms with E-state index in [1.807, 2.05) is 51.1 Å². The molecular formula is C25H30ClN3O3S. The number of carbonyl (C=O) groups excluding carboxylic acids is 1. The summed E-state index contributed by atoms with van der Waals surface area (Å²) in [5, 5.41) is 1.11. The van der Waals surface area contributed by atoms with E-state index < -0.39 is 5.25 Å². The van der Waals surface area contributed by atoms with Gasteiger partial charge in [-0.05, 0) is 51.0 Å². The number of thioether (sulfide) groups is 1. The Hall–Kier alpha value is -2.35. The molecule has 33 heavy (non-hydrogen) atoms. The van der Waals surface area contributed by atoms with Crippen molar-refractivity contribution in [3.63, 3.8) is 0 Å². The molecule has 0 aliphatic heterocycles. The van der Waals surface area contributed by atoms with Gasteiger partial charge in [0.25, 0.3) is 5.56 Å². The summed E-state index contributed by atoms with van der Waals surface area (Å²) in [5.41, 5.74) is 1.45. The summed E-state index contributed by atoms with van der Waals surface area (Å²) in [7, 11) is 1.79. The predicted octanol–water partition coefficient (Wildman–Crippen LogP) is 5.00. The molecule has 0 aliphatic rings. The summed E-state index contributed by atoms with van der Waals surface area (Å²) in [6.45, 7) is 7.32. The molecule has 0 aliphatic carbocycles. The highest BCUT2D eigenvalue weighted by Gasteiger charge is 2.22. The number of carbonyl (C=O) groups is 1. The molecular weight excluding hydrogens is 458 g/mol. The Bertz CT molecular complexity index is 1150. The average molecular weight is 488 g/mol. The van der Waals surface area contributed by atoms with Crippen LogP contribution in [0.15, 0.2) is 58.5 Å². The molecule has 0 bridgehead atoms. The van der Waals surface area contributed by atoms with E-state index in [0.29, 0.717) is 47.2 Å². The van der Waals surface area contributed by atoms with Crippen LogP contribution >= 0.6 is 23.4 Å². The fourth-order valence-electron chi connectivity index (χ4n) is 3.46. The highest BCUT2D eigenvalue weighted by Crippen LogP contribution is 2.25. The summed E-state index contributed by atoms with van der Waals surface area (Å²) in [5.74, 6) is -0.0287. The minimum Gasteiger partial charge on any atom is -0.379 e. The minimum absolute atomic E-state index is 0.0287. The van der Waals surface area contributed by atoms with Gasteiger partial charge < -0.3 is 9.64 Å². The molecule has 3 aromatic rings. The fourth-order valence-corrected chi connectivity index (χ4v) is 4.67. The number of benzene rings is 2. The molecule has 0 N–H and O–H groups in total. The molecule has 176 valence electrons. The molecule has 0 saturated heterocycles. The molecule has 1 heterocycles. The van der Waals surface area contributed by atoms with Gasteiger partial charge in [-0.1, -0.05) is 53.7 Å². The van der Waals surface area contributed by atoms with E-state index in [4.69, 9.17) is 21.3 Å². The number of nitrogens with zero attached hydrogens (tertiary/aromatic N) is 3. The van der Waals surface area contributed by atoms with Crippen LogP contribution in [0.2, 0.25) is 5.02 Å². The Labute approximate surface area is 203 Å². The molecule has 6 nitrogen and oxygen atoms in total. The first-order valence-corrected chi connectivity index (χ1v) is 12.3. The van der Waals surface area contributed by atoms with Crippen LogP contribution in [0.1, 0.15) is 32.8 Å². The summed E-state index contributed by atoms with van der Waals surface area (Å²) < 4.78 is 7.28. The second-order valence-electron chi connectivity index (χ2n) is 8.23. The van der Waals surface area contributed by atoms with E-state index in [1.54, 1.807) is 34.7 Å². The molecule has 1 amide bonds. The number of halogens is 1. The highest BCUT2D eigenvalue weighted by atomic mass is 35.5. The lowest BCUT2D eigenvalue weighted by Gasteiger charge is -2.22. The molecule has 0 radical (unpaired) electrons. The number of rotatable bonds is 10. The molecule has 0 fully saturated rings.